The zero-order valence-electron chi connectivity index (χ0n) is 20.7. The largest absolute Gasteiger partial charge is 0.486 e. The molecule has 4 rings (SSSR count). The molecule has 34 heavy (non-hydrogen) atoms. The number of sulfonamides is 1. The lowest BCUT2D eigenvalue weighted by atomic mass is 9.95. The van der Waals surface area contributed by atoms with Gasteiger partial charge in [0.05, 0.1) is 4.90 Å². The maximum absolute atomic E-state index is 13.2. The number of rotatable bonds is 6. The lowest BCUT2D eigenvalue weighted by molar-refractivity contribution is 0.0481. The molecule has 0 unspecified atom stereocenters. The van der Waals surface area contributed by atoms with E-state index in [0.29, 0.717) is 34.7 Å². The number of fused-ring (bicyclic) bond motifs is 1. The molecule has 2 aliphatic heterocycles. The summed E-state index contributed by atoms with van der Waals surface area (Å²) in [6.45, 7) is 13.5. The summed E-state index contributed by atoms with van der Waals surface area (Å²) in [6, 6.07) is 5.43. The van der Waals surface area contributed by atoms with E-state index in [4.69, 9.17) is 21.1 Å². The molecule has 0 bridgehead atoms. The third-order valence-corrected chi connectivity index (χ3v) is 9.49. The van der Waals surface area contributed by atoms with E-state index in [0.717, 1.165) is 60.5 Å². The van der Waals surface area contributed by atoms with E-state index < -0.39 is 10.0 Å². The quantitative estimate of drug-likeness (QED) is 0.614. The Balaban J connectivity index is 1.30. The number of benzene rings is 2. The van der Waals surface area contributed by atoms with Crippen LogP contribution in [0.15, 0.2) is 23.1 Å². The third-order valence-electron chi connectivity index (χ3n) is 7.56. The van der Waals surface area contributed by atoms with Crippen LogP contribution >= 0.6 is 11.6 Å². The molecule has 2 aromatic rings. The van der Waals surface area contributed by atoms with Crippen LogP contribution in [0, 0.1) is 40.5 Å². The first-order chi connectivity index (χ1) is 16.1. The van der Waals surface area contributed by atoms with Crippen LogP contribution in [0.25, 0.3) is 0 Å². The van der Waals surface area contributed by atoms with Crippen molar-refractivity contribution < 1.29 is 17.9 Å². The molecule has 186 valence electrons. The molecule has 2 heterocycles. The molecule has 0 aliphatic carbocycles. The maximum Gasteiger partial charge on any atom is 0.241 e. The summed E-state index contributed by atoms with van der Waals surface area (Å²) in [5.41, 5.74) is 4.97. The van der Waals surface area contributed by atoms with Crippen LogP contribution in [0.2, 0.25) is 5.02 Å². The van der Waals surface area contributed by atoms with Crippen LogP contribution in [0.5, 0.6) is 11.5 Å². The number of hydrogen-bond donors (Lipinski definition) is 1. The number of piperidine rings is 1. The Morgan fingerprint density at radius 3 is 2.24 bits per heavy atom. The highest BCUT2D eigenvalue weighted by molar-refractivity contribution is 7.89. The molecule has 0 saturated carbocycles. The Hall–Kier alpha value is -1.80. The van der Waals surface area contributed by atoms with Gasteiger partial charge in [-0.25, -0.2) is 13.1 Å². The predicted octanol–water partition coefficient (Wildman–Crippen LogP) is 4.71. The molecule has 0 amide bonds. The number of halogens is 1. The minimum atomic E-state index is -3.56. The first-order valence-electron chi connectivity index (χ1n) is 11.9. The van der Waals surface area contributed by atoms with E-state index in [1.807, 2.05) is 33.8 Å². The van der Waals surface area contributed by atoms with E-state index in [-0.39, 0.29) is 6.10 Å². The second-order valence-corrected chi connectivity index (χ2v) is 11.8. The molecule has 1 fully saturated rings. The molecule has 0 aromatic heterocycles. The fraction of sp³-hybridized carbons (Fsp3) is 0.538. The monoisotopic (exact) mass is 506 g/mol. The van der Waals surface area contributed by atoms with Gasteiger partial charge in [-0.15, -0.1) is 0 Å². The van der Waals surface area contributed by atoms with Gasteiger partial charge >= 0.3 is 0 Å². The SMILES string of the molecule is Cc1c(C)c(C)c(S(=O)(=O)NCC2CCN(C[C@H]3COc4ccc(Cl)cc4O3)CC2)c(C)c1C. The molecule has 0 radical (unpaired) electrons. The van der Waals surface area contributed by atoms with Gasteiger partial charge < -0.3 is 9.47 Å². The van der Waals surface area contributed by atoms with E-state index in [1.165, 1.54) is 5.56 Å². The maximum atomic E-state index is 13.2. The van der Waals surface area contributed by atoms with Gasteiger partial charge in [0.25, 0.3) is 0 Å². The van der Waals surface area contributed by atoms with Gasteiger partial charge in [-0.2, -0.15) is 0 Å². The van der Waals surface area contributed by atoms with Crippen molar-refractivity contribution in [3.05, 3.63) is 51.0 Å². The number of hydrogen-bond acceptors (Lipinski definition) is 5. The average Bonchev–Trinajstić information content (AvgIpc) is 2.81. The molecule has 1 atom stereocenters. The predicted molar refractivity (Wildman–Crippen MR) is 136 cm³/mol. The van der Waals surface area contributed by atoms with Crippen LogP contribution in [0.1, 0.15) is 40.7 Å². The minimum absolute atomic E-state index is 0.0417. The lowest BCUT2D eigenvalue weighted by Gasteiger charge is -2.35. The summed E-state index contributed by atoms with van der Waals surface area (Å²) >= 11 is 6.08. The highest BCUT2D eigenvalue weighted by Gasteiger charge is 2.28. The molecule has 2 aliphatic rings. The summed E-state index contributed by atoms with van der Waals surface area (Å²) in [4.78, 5) is 2.82. The number of ether oxygens (including phenoxy) is 2. The first kappa shape index (κ1) is 25.3. The highest BCUT2D eigenvalue weighted by Crippen LogP contribution is 2.34. The van der Waals surface area contributed by atoms with Gasteiger partial charge in [-0.3, -0.25) is 4.90 Å². The summed E-state index contributed by atoms with van der Waals surface area (Å²) in [5.74, 6) is 1.75. The number of nitrogens with one attached hydrogen (secondary N) is 1. The zero-order valence-corrected chi connectivity index (χ0v) is 22.3. The van der Waals surface area contributed by atoms with Crippen molar-refractivity contribution in [3.63, 3.8) is 0 Å². The zero-order chi connectivity index (χ0) is 24.6. The average molecular weight is 507 g/mol. The van der Waals surface area contributed by atoms with Crippen LogP contribution in [-0.2, 0) is 10.0 Å². The van der Waals surface area contributed by atoms with Crippen molar-refractivity contribution in [2.24, 2.45) is 5.92 Å². The lowest BCUT2D eigenvalue weighted by Crippen LogP contribution is -2.45. The molecule has 0 spiro atoms. The van der Waals surface area contributed by atoms with Gasteiger partial charge in [0.1, 0.15) is 12.7 Å². The number of nitrogens with zero attached hydrogens (tertiary/aromatic N) is 1. The summed E-state index contributed by atoms with van der Waals surface area (Å²) in [5, 5.41) is 0.632. The highest BCUT2D eigenvalue weighted by atomic mass is 35.5. The topological polar surface area (TPSA) is 67.9 Å². The van der Waals surface area contributed by atoms with Gasteiger partial charge in [-0.1, -0.05) is 11.6 Å². The summed E-state index contributed by atoms with van der Waals surface area (Å²) < 4.78 is 41.3. The first-order valence-corrected chi connectivity index (χ1v) is 13.8. The standard InChI is InChI=1S/C26H35ClN2O4S/c1-16-17(2)19(4)26(20(5)18(16)3)34(30,31)28-13-21-8-10-29(11-9-21)14-23-15-32-24-7-6-22(27)12-25(24)33-23/h6-7,12,21,23,28H,8-11,13-15H2,1-5H3/t23-/m0/s1. The summed E-state index contributed by atoms with van der Waals surface area (Å²) in [7, 11) is -3.56. The van der Waals surface area contributed by atoms with E-state index >= 15 is 0 Å². The van der Waals surface area contributed by atoms with Crippen molar-refractivity contribution in [2.75, 3.05) is 32.8 Å². The Labute approximate surface area is 208 Å². The van der Waals surface area contributed by atoms with Crippen LogP contribution in [0.3, 0.4) is 0 Å². The van der Waals surface area contributed by atoms with Gasteiger partial charge in [0.15, 0.2) is 11.5 Å². The Kier molecular flexibility index (Phi) is 7.48. The smallest absolute Gasteiger partial charge is 0.241 e. The minimum Gasteiger partial charge on any atom is -0.486 e. The molecular weight excluding hydrogens is 472 g/mol. The Bertz CT molecular complexity index is 1140. The Morgan fingerprint density at radius 2 is 1.59 bits per heavy atom. The van der Waals surface area contributed by atoms with Crippen molar-refractivity contribution in [1.29, 1.82) is 0 Å². The fourth-order valence-corrected chi connectivity index (χ4v) is 6.88. The van der Waals surface area contributed by atoms with Gasteiger partial charge in [0, 0.05) is 24.2 Å². The van der Waals surface area contributed by atoms with Gasteiger partial charge in [0.2, 0.25) is 10.0 Å². The Morgan fingerprint density at radius 1 is 0.971 bits per heavy atom. The van der Waals surface area contributed by atoms with E-state index in [9.17, 15) is 8.42 Å². The molecule has 1 N–H and O–H groups in total. The van der Waals surface area contributed by atoms with Crippen LogP contribution in [-0.4, -0.2) is 52.2 Å². The van der Waals surface area contributed by atoms with Gasteiger partial charge in [-0.05, 0) is 106 Å². The third kappa shape index (κ3) is 5.23. The summed E-state index contributed by atoms with van der Waals surface area (Å²) in [6.07, 6.45) is 1.85. The second kappa shape index (κ2) is 10.1. The van der Waals surface area contributed by atoms with Crippen LogP contribution in [0.4, 0.5) is 0 Å². The molecular formula is C26H35ClN2O4S. The van der Waals surface area contributed by atoms with Crippen LogP contribution < -0.4 is 14.2 Å². The van der Waals surface area contributed by atoms with Crippen molar-refractivity contribution in [2.45, 2.75) is 58.5 Å². The van der Waals surface area contributed by atoms with Crippen molar-refractivity contribution in [3.8, 4) is 11.5 Å². The van der Waals surface area contributed by atoms with Crippen molar-refractivity contribution in [1.82, 2.24) is 9.62 Å². The normalized spacial score (nSPS) is 19.4. The molecule has 1 saturated heterocycles. The van der Waals surface area contributed by atoms with E-state index in [2.05, 4.69) is 16.5 Å². The second-order valence-electron chi connectivity index (χ2n) is 9.69. The molecule has 8 heteroatoms. The molecule has 2 aromatic carbocycles. The molecule has 6 nitrogen and oxygen atoms in total. The van der Waals surface area contributed by atoms with E-state index in [1.54, 1.807) is 12.1 Å². The number of likely N-dealkylation sites (tertiary alicyclic amines) is 1. The fourth-order valence-electron chi connectivity index (χ4n) is 5.01. The van der Waals surface area contributed by atoms with Crippen molar-refractivity contribution >= 4 is 21.6 Å².